The number of hydrogen-bond acceptors (Lipinski definition) is 2. The van der Waals surface area contributed by atoms with Crippen LogP contribution in [0.2, 0.25) is 0 Å². The Labute approximate surface area is 123 Å². The van der Waals surface area contributed by atoms with E-state index >= 15 is 0 Å². The lowest BCUT2D eigenvalue weighted by Gasteiger charge is -2.44. The SMILES string of the molecule is CC(C)CC1C(=O)NC(C)(C)C(=O)N1CCC(C)(C)C. The molecule has 1 aliphatic rings. The van der Waals surface area contributed by atoms with Crippen molar-refractivity contribution in [1.29, 1.82) is 0 Å². The summed E-state index contributed by atoms with van der Waals surface area (Å²) in [5.74, 6) is 0.404. The second kappa shape index (κ2) is 5.74. The van der Waals surface area contributed by atoms with Gasteiger partial charge in [-0.3, -0.25) is 9.59 Å². The van der Waals surface area contributed by atoms with Gasteiger partial charge < -0.3 is 10.2 Å². The highest BCUT2D eigenvalue weighted by atomic mass is 16.2. The van der Waals surface area contributed by atoms with Gasteiger partial charge in [0.15, 0.2) is 0 Å². The Bertz CT molecular complexity index is 380. The largest absolute Gasteiger partial charge is 0.340 e. The molecule has 1 N–H and O–H groups in total. The molecular weight excluding hydrogens is 252 g/mol. The first kappa shape index (κ1) is 17.0. The fraction of sp³-hybridized carbons (Fsp3) is 0.875. The zero-order chi connectivity index (χ0) is 15.7. The molecule has 1 saturated heterocycles. The lowest BCUT2D eigenvalue weighted by atomic mass is 9.88. The van der Waals surface area contributed by atoms with Gasteiger partial charge in [0.2, 0.25) is 11.8 Å². The van der Waals surface area contributed by atoms with Crippen molar-refractivity contribution in [2.24, 2.45) is 11.3 Å². The Balaban J connectivity index is 2.94. The van der Waals surface area contributed by atoms with Crippen LogP contribution in [-0.2, 0) is 9.59 Å². The van der Waals surface area contributed by atoms with Crippen LogP contribution in [0.4, 0.5) is 0 Å². The first-order valence-electron chi connectivity index (χ1n) is 7.57. The highest BCUT2D eigenvalue weighted by Gasteiger charge is 2.45. The van der Waals surface area contributed by atoms with E-state index < -0.39 is 5.54 Å². The van der Waals surface area contributed by atoms with E-state index in [4.69, 9.17) is 0 Å². The van der Waals surface area contributed by atoms with Gasteiger partial charge >= 0.3 is 0 Å². The maximum atomic E-state index is 12.6. The van der Waals surface area contributed by atoms with E-state index in [-0.39, 0.29) is 23.3 Å². The summed E-state index contributed by atoms with van der Waals surface area (Å²) in [6, 6.07) is -0.321. The summed E-state index contributed by atoms with van der Waals surface area (Å²) in [7, 11) is 0. The maximum Gasteiger partial charge on any atom is 0.248 e. The number of amides is 2. The lowest BCUT2D eigenvalue weighted by molar-refractivity contribution is -0.154. The zero-order valence-electron chi connectivity index (χ0n) is 14.0. The smallest absolute Gasteiger partial charge is 0.248 e. The molecule has 116 valence electrons. The maximum absolute atomic E-state index is 12.6. The standard InChI is InChI=1S/C16H30N2O2/c1-11(2)10-12-13(19)17-16(6,7)14(20)18(12)9-8-15(3,4)5/h11-12H,8-10H2,1-7H3,(H,17,19). The molecule has 1 heterocycles. The van der Waals surface area contributed by atoms with Gasteiger partial charge in [0.05, 0.1) is 0 Å². The van der Waals surface area contributed by atoms with Gasteiger partial charge in [-0.2, -0.15) is 0 Å². The molecule has 2 amide bonds. The fourth-order valence-electron chi connectivity index (χ4n) is 2.48. The van der Waals surface area contributed by atoms with E-state index in [9.17, 15) is 9.59 Å². The van der Waals surface area contributed by atoms with Crippen LogP contribution in [0.1, 0.15) is 61.3 Å². The highest BCUT2D eigenvalue weighted by molar-refractivity contribution is 5.99. The summed E-state index contributed by atoms with van der Waals surface area (Å²) >= 11 is 0. The van der Waals surface area contributed by atoms with Gasteiger partial charge in [0.25, 0.3) is 0 Å². The Morgan fingerprint density at radius 2 is 1.80 bits per heavy atom. The molecule has 0 bridgehead atoms. The quantitative estimate of drug-likeness (QED) is 0.861. The van der Waals surface area contributed by atoms with Gasteiger partial charge in [0, 0.05) is 6.54 Å². The van der Waals surface area contributed by atoms with Crippen molar-refractivity contribution in [3.63, 3.8) is 0 Å². The second-order valence-corrected chi connectivity index (χ2v) is 8.07. The minimum atomic E-state index is -0.789. The highest BCUT2D eigenvalue weighted by Crippen LogP contribution is 2.26. The van der Waals surface area contributed by atoms with Crippen molar-refractivity contribution >= 4 is 11.8 Å². The fourth-order valence-corrected chi connectivity index (χ4v) is 2.48. The van der Waals surface area contributed by atoms with Crippen LogP contribution in [0.3, 0.4) is 0 Å². The summed E-state index contributed by atoms with van der Waals surface area (Å²) < 4.78 is 0. The minimum absolute atomic E-state index is 0.0165. The van der Waals surface area contributed by atoms with Gasteiger partial charge in [-0.05, 0) is 38.0 Å². The van der Waals surface area contributed by atoms with E-state index in [1.165, 1.54) is 0 Å². The van der Waals surface area contributed by atoms with Crippen LogP contribution in [-0.4, -0.2) is 34.8 Å². The summed E-state index contributed by atoms with van der Waals surface area (Å²) in [6.07, 6.45) is 1.62. The van der Waals surface area contributed by atoms with Gasteiger partial charge in [-0.1, -0.05) is 34.6 Å². The number of rotatable bonds is 4. The van der Waals surface area contributed by atoms with Crippen LogP contribution in [0.25, 0.3) is 0 Å². The van der Waals surface area contributed by atoms with Crippen molar-refractivity contribution in [1.82, 2.24) is 10.2 Å². The van der Waals surface area contributed by atoms with E-state index in [1.807, 2.05) is 0 Å². The van der Waals surface area contributed by atoms with Crippen molar-refractivity contribution in [3.8, 4) is 0 Å². The van der Waals surface area contributed by atoms with E-state index in [0.29, 0.717) is 12.5 Å². The lowest BCUT2D eigenvalue weighted by Crippen LogP contribution is -2.68. The number of nitrogens with one attached hydrogen (secondary N) is 1. The summed E-state index contributed by atoms with van der Waals surface area (Å²) in [4.78, 5) is 26.7. The summed E-state index contributed by atoms with van der Waals surface area (Å²) in [5.41, 5.74) is -0.636. The van der Waals surface area contributed by atoms with E-state index in [0.717, 1.165) is 12.8 Å². The van der Waals surface area contributed by atoms with Crippen LogP contribution in [0.15, 0.2) is 0 Å². The molecule has 4 nitrogen and oxygen atoms in total. The van der Waals surface area contributed by atoms with Gasteiger partial charge in [-0.25, -0.2) is 0 Å². The van der Waals surface area contributed by atoms with Crippen LogP contribution in [0.5, 0.6) is 0 Å². The Hall–Kier alpha value is -1.06. The number of carbonyl (C=O) groups is 2. The normalized spacial score (nSPS) is 23.2. The third kappa shape index (κ3) is 4.22. The molecule has 1 unspecified atom stereocenters. The monoisotopic (exact) mass is 282 g/mol. The van der Waals surface area contributed by atoms with Crippen LogP contribution >= 0.6 is 0 Å². The number of carbonyl (C=O) groups excluding carboxylic acids is 2. The predicted octanol–water partition coefficient (Wildman–Crippen LogP) is 2.57. The minimum Gasteiger partial charge on any atom is -0.340 e. The molecule has 0 aromatic carbocycles. The zero-order valence-corrected chi connectivity index (χ0v) is 14.0. The first-order chi connectivity index (χ1) is 8.94. The Kier molecular flexibility index (Phi) is 4.88. The topological polar surface area (TPSA) is 49.4 Å². The summed E-state index contributed by atoms with van der Waals surface area (Å²) in [6.45, 7) is 14.8. The van der Waals surface area contributed by atoms with E-state index in [2.05, 4.69) is 39.9 Å². The molecule has 4 heteroatoms. The molecule has 1 atom stereocenters. The Morgan fingerprint density at radius 3 is 2.25 bits per heavy atom. The molecule has 0 aromatic heterocycles. The average Bonchev–Trinajstić information content (AvgIpc) is 2.23. The summed E-state index contributed by atoms with van der Waals surface area (Å²) in [5, 5.41) is 2.86. The molecular formula is C16H30N2O2. The third-order valence-corrected chi connectivity index (χ3v) is 3.71. The van der Waals surface area contributed by atoms with Crippen LogP contribution < -0.4 is 5.32 Å². The van der Waals surface area contributed by atoms with Crippen LogP contribution in [0, 0.1) is 11.3 Å². The third-order valence-electron chi connectivity index (χ3n) is 3.71. The molecule has 0 radical (unpaired) electrons. The molecule has 0 aromatic rings. The Morgan fingerprint density at radius 1 is 1.25 bits per heavy atom. The molecule has 0 spiro atoms. The molecule has 1 rings (SSSR count). The molecule has 0 aliphatic carbocycles. The van der Waals surface area contributed by atoms with Crippen molar-refractivity contribution < 1.29 is 9.59 Å². The molecule has 0 saturated carbocycles. The molecule has 20 heavy (non-hydrogen) atoms. The van der Waals surface area contributed by atoms with Gasteiger partial charge in [-0.15, -0.1) is 0 Å². The number of hydrogen-bond donors (Lipinski definition) is 1. The second-order valence-electron chi connectivity index (χ2n) is 8.07. The number of piperazine rings is 1. The van der Waals surface area contributed by atoms with Crippen molar-refractivity contribution in [2.75, 3.05) is 6.54 Å². The van der Waals surface area contributed by atoms with Crippen molar-refractivity contribution in [3.05, 3.63) is 0 Å². The van der Waals surface area contributed by atoms with Gasteiger partial charge in [0.1, 0.15) is 11.6 Å². The van der Waals surface area contributed by atoms with E-state index in [1.54, 1.807) is 18.7 Å². The predicted molar refractivity (Wildman–Crippen MR) is 81.2 cm³/mol. The number of nitrogens with zero attached hydrogens (tertiary/aromatic N) is 1. The average molecular weight is 282 g/mol. The first-order valence-corrected chi connectivity index (χ1v) is 7.57. The molecule has 1 fully saturated rings. The van der Waals surface area contributed by atoms with Crippen molar-refractivity contribution in [2.45, 2.75) is 72.9 Å². The molecule has 1 aliphatic heterocycles.